The summed E-state index contributed by atoms with van der Waals surface area (Å²) in [5.74, 6) is 2.19. The Morgan fingerprint density at radius 3 is 2.00 bits per heavy atom. The summed E-state index contributed by atoms with van der Waals surface area (Å²) in [5.41, 5.74) is 0. The van der Waals surface area contributed by atoms with E-state index in [-0.39, 0.29) is 12.5 Å². The van der Waals surface area contributed by atoms with E-state index in [1.165, 1.54) is 70.0 Å². The van der Waals surface area contributed by atoms with Crippen LogP contribution in [0.5, 0.6) is 0 Å². The highest BCUT2D eigenvalue weighted by Gasteiger charge is 2.00. The van der Waals surface area contributed by atoms with E-state index in [0.29, 0.717) is 19.4 Å². The van der Waals surface area contributed by atoms with Crippen LogP contribution in [0, 0.1) is 0 Å². The molecule has 0 aliphatic carbocycles. The number of aliphatic hydroxyl groups excluding tert-OH is 1. The SMILES string of the molecule is CCCCCCCCCCCCSSCCC(=O)NCCCO. The smallest absolute Gasteiger partial charge is 0.220 e. The number of carbonyl (C=O) groups is 1. The van der Waals surface area contributed by atoms with Crippen LogP contribution >= 0.6 is 21.6 Å². The molecule has 0 saturated heterocycles. The van der Waals surface area contributed by atoms with E-state index in [9.17, 15) is 4.79 Å². The Kier molecular flexibility index (Phi) is 20.3. The summed E-state index contributed by atoms with van der Waals surface area (Å²) in [4.78, 5) is 11.4. The molecule has 0 bridgehead atoms. The second kappa shape index (κ2) is 20.2. The molecule has 138 valence electrons. The molecule has 0 rings (SSSR count). The topological polar surface area (TPSA) is 49.3 Å². The van der Waals surface area contributed by atoms with E-state index in [1.807, 2.05) is 10.8 Å². The van der Waals surface area contributed by atoms with Crippen LogP contribution in [0.4, 0.5) is 0 Å². The van der Waals surface area contributed by atoms with Gasteiger partial charge in [-0.1, -0.05) is 86.3 Å². The third-order valence-electron chi connectivity index (χ3n) is 3.73. The summed E-state index contributed by atoms with van der Waals surface area (Å²) in [5, 5.41) is 11.4. The number of hydrogen-bond donors (Lipinski definition) is 2. The highest BCUT2D eigenvalue weighted by Crippen LogP contribution is 2.23. The lowest BCUT2D eigenvalue weighted by atomic mass is 10.1. The Bertz CT molecular complexity index is 253. The third kappa shape index (κ3) is 20.1. The quantitative estimate of drug-likeness (QED) is 0.260. The van der Waals surface area contributed by atoms with Gasteiger partial charge >= 0.3 is 0 Å². The van der Waals surface area contributed by atoms with Crippen LogP contribution in [-0.4, -0.2) is 35.7 Å². The van der Waals surface area contributed by atoms with E-state index in [2.05, 4.69) is 12.2 Å². The maximum Gasteiger partial charge on any atom is 0.220 e. The van der Waals surface area contributed by atoms with Crippen molar-refractivity contribution < 1.29 is 9.90 Å². The minimum atomic E-state index is 0.102. The van der Waals surface area contributed by atoms with Crippen LogP contribution in [0.3, 0.4) is 0 Å². The van der Waals surface area contributed by atoms with Crippen molar-refractivity contribution in [1.82, 2.24) is 5.32 Å². The summed E-state index contributed by atoms with van der Waals surface area (Å²) >= 11 is 0. The lowest BCUT2D eigenvalue weighted by Crippen LogP contribution is -2.25. The maximum absolute atomic E-state index is 11.4. The summed E-state index contributed by atoms with van der Waals surface area (Å²) in [6.45, 7) is 3.00. The van der Waals surface area contributed by atoms with Crippen molar-refractivity contribution in [2.24, 2.45) is 0 Å². The molecule has 0 spiro atoms. The molecule has 2 N–H and O–H groups in total. The van der Waals surface area contributed by atoms with Crippen LogP contribution in [-0.2, 0) is 4.79 Å². The summed E-state index contributed by atoms with van der Waals surface area (Å²) in [6, 6.07) is 0. The first kappa shape index (κ1) is 23.1. The van der Waals surface area contributed by atoms with Gasteiger partial charge in [0.05, 0.1) is 0 Å². The van der Waals surface area contributed by atoms with Gasteiger partial charge in [0.1, 0.15) is 0 Å². The second-order valence-corrected chi connectivity index (χ2v) is 8.71. The zero-order valence-electron chi connectivity index (χ0n) is 15.0. The first-order valence-corrected chi connectivity index (χ1v) is 11.9. The lowest BCUT2D eigenvalue weighted by molar-refractivity contribution is -0.120. The van der Waals surface area contributed by atoms with Crippen LogP contribution in [0.15, 0.2) is 0 Å². The Morgan fingerprint density at radius 2 is 1.39 bits per heavy atom. The van der Waals surface area contributed by atoms with Gasteiger partial charge in [-0.25, -0.2) is 0 Å². The van der Waals surface area contributed by atoms with Crippen molar-refractivity contribution in [2.45, 2.75) is 84.0 Å². The summed E-state index contributed by atoms with van der Waals surface area (Å²) < 4.78 is 0. The lowest BCUT2D eigenvalue weighted by Gasteiger charge is -2.04. The normalized spacial score (nSPS) is 10.9. The van der Waals surface area contributed by atoms with Gasteiger partial charge in [-0.05, 0) is 12.8 Å². The van der Waals surface area contributed by atoms with Gasteiger partial charge in [-0.3, -0.25) is 4.79 Å². The Labute approximate surface area is 151 Å². The molecular weight excluding hydrogens is 326 g/mol. The molecule has 0 aliphatic heterocycles. The maximum atomic E-state index is 11.4. The molecule has 1 amide bonds. The molecule has 0 fully saturated rings. The molecule has 5 heteroatoms. The molecule has 0 aromatic carbocycles. The minimum Gasteiger partial charge on any atom is -0.396 e. The van der Waals surface area contributed by atoms with Gasteiger partial charge in [0.15, 0.2) is 0 Å². The number of hydrogen-bond acceptors (Lipinski definition) is 4. The fraction of sp³-hybridized carbons (Fsp3) is 0.944. The highest BCUT2D eigenvalue weighted by atomic mass is 33.1. The van der Waals surface area contributed by atoms with Crippen molar-refractivity contribution in [2.75, 3.05) is 24.7 Å². The molecule has 0 atom stereocenters. The molecule has 0 aromatic heterocycles. The number of nitrogens with one attached hydrogen (secondary N) is 1. The molecule has 0 heterocycles. The van der Waals surface area contributed by atoms with Crippen LogP contribution < -0.4 is 5.32 Å². The second-order valence-electron chi connectivity index (χ2n) is 6.00. The van der Waals surface area contributed by atoms with Crippen molar-refractivity contribution in [3.05, 3.63) is 0 Å². The number of unbranched alkanes of at least 4 members (excludes halogenated alkanes) is 9. The van der Waals surface area contributed by atoms with E-state index >= 15 is 0 Å². The predicted molar refractivity (Wildman–Crippen MR) is 106 cm³/mol. The summed E-state index contributed by atoms with van der Waals surface area (Å²) in [6.07, 6.45) is 15.1. The van der Waals surface area contributed by atoms with E-state index < -0.39 is 0 Å². The fourth-order valence-corrected chi connectivity index (χ4v) is 4.43. The van der Waals surface area contributed by atoms with E-state index in [0.717, 1.165) is 5.75 Å². The monoisotopic (exact) mass is 363 g/mol. The van der Waals surface area contributed by atoms with Crippen molar-refractivity contribution >= 4 is 27.5 Å². The van der Waals surface area contributed by atoms with Crippen LogP contribution in [0.1, 0.15) is 84.0 Å². The van der Waals surface area contributed by atoms with Gasteiger partial charge in [-0.2, -0.15) is 0 Å². The molecule has 23 heavy (non-hydrogen) atoms. The van der Waals surface area contributed by atoms with Gasteiger partial charge in [0, 0.05) is 31.1 Å². The number of aliphatic hydroxyl groups is 1. The van der Waals surface area contributed by atoms with Crippen LogP contribution in [0.25, 0.3) is 0 Å². The van der Waals surface area contributed by atoms with Gasteiger partial charge < -0.3 is 10.4 Å². The zero-order chi connectivity index (χ0) is 17.0. The van der Waals surface area contributed by atoms with E-state index in [4.69, 9.17) is 5.11 Å². The number of carbonyl (C=O) groups excluding carboxylic acids is 1. The highest BCUT2D eigenvalue weighted by molar-refractivity contribution is 8.76. The molecule has 0 aromatic rings. The molecular formula is C18H37NO2S2. The molecule has 0 radical (unpaired) electrons. The molecule has 3 nitrogen and oxygen atoms in total. The van der Waals surface area contributed by atoms with Gasteiger partial charge in [0.25, 0.3) is 0 Å². The first-order valence-electron chi connectivity index (χ1n) is 9.43. The van der Waals surface area contributed by atoms with Gasteiger partial charge in [-0.15, -0.1) is 0 Å². The number of rotatable bonds is 18. The summed E-state index contributed by atoms with van der Waals surface area (Å²) in [7, 11) is 3.70. The fourth-order valence-electron chi connectivity index (χ4n) is 2.30. The Hall–Kier alpha value is 0.130. The Balaban J connectivity index is 3.06. The number of amides is 1. The van der Waals surface area contributed by atoms with Crippen molar-refractivity contribution in [3.63, 3.8) is 0 Å². The molecule has 0 saturated carbocycles. The minimum absolute atomic E-state index is 0.102. The standard InChI is InChI=1S/C18H37NO2S2/c1-2-3-4-5-6-7-8-9-10-11-16-22-23-17-13-18(21)19-14-12-15-20/h20H,2-17H2,1H3,(H,19,21). The largest absolute Gasteiger partial charge is 0.396 e. The van der Waals surface area contributed by atoms with E-state index in [1.54, 1.807) is 10.8 Å². The molecule has 0 aliphatic rings. The third-order valence-corrected chi connectivity index (χ3v) is 6.23. The Morgan fingerprint density at radius 1 is 0.826 bits per heavy atom. The van der Waals surface area contributed by atoms with Crippen molar-refractivity contribution in [3.8, 4) is 0 Å². The predicted octanol–water partition coefficient (Wildman–Crippen LogP) is 5.18. The van der Waals surface area contributed by atoms with Crippen LogP contribution in [0.2, 0.25) is 0 Å². The first-order chi connectivity index (χ1) is 11.3. The molecule has 0 unspecified atom stereocenters. The zero-order valence-corrected chi connectivity index (χ0v) is 16.6. The average Bonchev–Trinajstić information content (AvgIpc) is 2.55. The van der Waals surface area contributed by atoms with Gasteiger partial charge in [0.2, 0.25) is 5.91 Å². The van der Waals surface area contributed by atoms with Crippen molar-refractivity contribution in [1.29, 1.82) is 0 Å². The average molecular weight is 364 g/mol.